The van der Waals surface area contributed by atoms with E-state index in [1.54, 1.807) is 6.20 Å². The van der Waals surface area contributed by atoms with Gasteiger partial charge in [0.15, 0.2) is 0 Å². The minimum Gasteiger partial charge on any atom is -0.494 e. The molecule has 0 aliphatic heterocycles. The summed E-state index contributed by atoms with van der Waals surface area (Å²) < 4.78 is 12.8. The molecule has 0 radical (unpaired) electrons. The van der Waals surface area contributed by atoms with Crippen molar-refractivity contribution in [2.45, 2.75) is 52.1 Å². The lowest BCUT2D eigenvalue weighted by molar-refractivity contribution is -0.137. The number of amides is 1. The number of aromatic nitrogens is 3. The molecule has 4 N–H and O–H groups in total. The highest BCUT2D eigenvalue weighted by molar-refractivity contribution is 5.69. The Bertz CT molecular complexity index is 1460. The number of fused-ring (bicyclic) bond motifs is 1. The van der Waals surface area contributed by atoms with E-state index in [1.807, 2.05) is 86.0 Å². The summed E-state index contributed by atoms with van der Waals surface area (Å²) in [6.07, 6.45) is 3.64. The topological polar surface area (TPSA) is 139 Å². The highest BCUT2D eigenvalue weighted by atomic mass is 16.6. The first-order valence-corrected chi connectivity index (χ1v) is 14.0. The van der Waals surface area contributed by atoms with E-state index in [9.17, 15) is 9.59 Å². The van der Waals surface area contributed by atoms with Crippen LogP contribution in [-0.4, -0.2) is 57.1 Å². The SMILES string of the molecule is CC(C)(C)OC(=O)NCCCOc1ccc(Nc2ncc3ccc(-c4ccc(NCCCCC(=O)O)cc4)n3n2)cc1. The fraction of sp³-hybridized carbons (Fsp3) is 0.355. The van der Waals surface area contributed by atoms with Gasteiger partial charge in [0.05, 0.1) is 24.0 Å². The van der Waals surface area contributed by atoms with Crippen LogP contribution in [0.15, 0.2) is 66.9 Å². The number of aliphatic carboxylic acids is 1. The Hall–Kier alpha value is -4.80. The molecule has 0 atom stereocenters. The van der Waals surface area contributed by atoms with Crippen molar-refractivity contribution in [3.63, 3.8) is 0 Å². The Morgan fingerprint density at radius 2 is 1.64 bits per heavy atom. The molecule has 0 bridgehead atoms. The molecule has 0 unspecified atom stereocenters. The number of benzene rings is 2. The first-order chi connectivity index (χ1) is 20.2. The standard InChI is InChI=1S/C31H38N6O5/c1-31(2,3)42-30(40)33-19-6-20-41-26-15-12-24(13-16-26)35-29-34-21-25-14-17-27(37(25)36-29)22-8-10-23(11-9-22)32-18-5-4-7-28(38)39/h8-17,21,32H,4-7,18-20H2,1-3H3,(H,33,40)(H,35,36)(H,38,39). The van der Waals surface area contributed by atoms with Gasteiger partial charge in [-0.25, -0.2) is 14.3 Å². The molecule has 4 rings (SSSR count). The lowest BCUT2D eigenvalue weighted by Crippen LogP contribution is -2.33. The van der Waals surface area contributed by atoms with Crippen molar-refractivity contribution in [1.29, 1.82) is 0 Å². The molecule has 42 heavy (non-hydrogen) atoms. The van der Waals surface area contributed by atoms with E-state index in [-0.39, 0.29) is 6.42 Å². The largest absolute Gasteiger partial charge is 0.494 e. The van der Waals surface area contributed by atoms with Gasteiger partial charge >= 0.3 is 12.1 Å². The van der Waals surface area contributed by atoms with Gasteiger partial charge in [0.2, 0.25) is 5.95 Å². The first-order valence-electron chi connectivity index (χ1n) is 14.0. The van der Waals surface area contributed by atoms with Crippen molar-refractivity contribution >= 4 is 34.9 Å². The summed E-state index contributed by atoms with van der Waals surface area (Å²) in [4.78, 5) is 26.8. The summed E-state index contributed by atoms with van der Waals surface area (Å²) in [5.74, 6) is 0.421. The van der Waals surface area contributed by atoms with Gasteiger partial charge in [-0.1, -0.05) is 12.1 Å². The highest BCUT2D eigenvalue weighted by Crippen LogP contribution is 2.25. The molecule has 2 aromatic carbocycles. The minimum absolute atomic E-state index is 0.193. The third-order valence-corrected chi connectivity index (χ3v) is 6.09. The normalized spacial score (nSPS) is 11.2. The quantitative estimate of drug-likeness (QED) is 0.132. The number of carboxylic acid groups (broad SMARTS) is 1. The van der Waals surface area contributed by atoms with E-state index in [2.05, 4.69) is 20.9 Å². The predicted molar refractivity (Wildman–Crippen MR) is 162 cm³/mol. The number of anilines is 3. The van der Waals surface area contributed by atoms with Gasteiger partial charge in [-0.05, 0) is 88.6 Å². The monoisotopic (exact) mass is 574 g/mol. The fourth-order valence-electron chi connectivity index (χ4n) is 4.10. The van der Waals surface area contributed by atoms with Crippen molar-refractivity contribution in [2.24, 2.45) is 0 Å². The highest BCUT2D eigenvalue weighted by Gasteiger charge is 2.15. The van der Waals surface area contributed by atoms with Gasteiger partial charge < -0.3 is 30.5 Å². The molecule has 0 saturated carbocycles. The van der Waals surface area contributed by atoms with Crippen molar-refractivity contribution < 1.29 is 24.2 Å². The second-order valence-electron chi connectivity index (χ2n) is 10.8. The Labute approximate surface area is 245 Å². The number of nitrogens with zero attached hydrogens (tertiary/aromatic N) is 3. The summed E-state index contributed by atoms with van der Waals surface area (Å²) >= 11 is 0. The summed E-state index contributed by atoms with van der Waals surface area (Å²) in [5, 5.41) is 22.7. The van der Waals surface area contributed by atoms with Crippen molar-refractivity contribution in [3.05, 3.63) is 66.9 Å². The van der Waals surface area contributed by atoms with E-state index >= 15 is 0 Å². The molecule has 0 aliphatic carbocycles. The van der Waals surface area contributed by atoms with Crippen LogP contribution in [0.3, 0.4) is 0 Å². The number of unbranched alkanes of at least 4 members (excludes halogenated alkanes) is 1. The number of rotatable bonds is 14. The number of carbonyl (C=O) groups excluding carboxylic acids is 1. The molecule has 2 heterocycles. The number of nitrogens with one attached hydrogen (secondary N) is 3. The maximum absolute atomic E-state index is 11.7. The molecule has 11 nitrogen and oxygen atoms in total. The van der Waals surface area contributed by atoms with Gasteiger partial charge in [-0.2, -0.15) is 0 Å². The number of hydrogen-bond acceptors (Lipinski definition) is 8. The molecule has 4 aromatic rings. The Balaban J connectivity index is 1.28. The van der Waals surface area contributed by atoms with E-state index in [0.29, 0.717) is 31.9 Å². The van der Waals surface area contributed by atoms with Crippen LogP contribution in [0.25, 0.3) is 16.8 Å². The number of alkyl carbamates (subject to hydrolysis) is 1. The average molecular weight is 575 g/mol. The molecular weight excluding hydrogens is 536 g/mol. The molecule has 0 fully saturated rings. The number of carbonyl (C=O) groups is 2. The first kappa shape index (κ1) is 30.2. The average Bonchev–Trinajstić information content (AvgIpc) is 3.36. The van der Waals surface area contributed by atoms with Gasteiger partial charge in [0, 0.05) is 36.4 Å². The zero-order chi connectivity index (χ0) is 30.0. The van der Waals surface area contributed by atoms with Crippen LogP contribution < -0.4 is 20.7 Å². The Morgan fingerprint density at radius 3 is 2.36 bits per heavy atom. The second-order valence-corrected chi connectivity index (χ2v) is 10.8. The molecule has 2 aromatic heterocycles. The molecule has 0 aliphatic rings. The molecular formula is C31H38N6O5. The lowest BCUT2D eigenvalue weighted by Gasteiger charge is -2.19. The summed E-state index contributed by atoms with van der Waals surface area (Å²) in [6, 6.07) is 19.6. The van der Waals surface area contributed by atoms with Gasteiger partial charge in [0.1, 0.15) is 11.4 Å². The number of carboxylic acids is 1. The smallest absolute Gasteiger partial charge is 0.407 e. The zero-order valence-corrected chi connectivity index (χ0v) is 24.2. The zero-order valence-electron chi connectivity index (χ0n) is 24.2. The van der Waals surface area contributed by atoms with Crippen LogP contribution >= 0.6 is 0 Å². The molecule has 11 heteroatoms. The minimum atomic E-state index is -0.761. The van der Waals surface area contributed by atoms with Gasteiger partial charge in [-0.15, -0.1) is 5.10 Å². The summed E-state index contributed by atoms with van der Waals surface area (Å²) in [5.41, 5.74) is 4.11. The van der Waals surface area contributed by atoms with E-state index < -0.39 is 17.7 Å². The predicted octanol–water partition coefficient (Wildman–Crippen LogP) is 6.10. The number of hydrogen-bond donors (Lipinski definition) is 4. The van der Waals surface area contributed by atoms with Crippen LogP contribution in [0.5, 0.6) is 5.75 Å². The maximum atomic E-state index is 11.7. The molecule has 0 saturated heterocycles. The molecule has 0 spiro atoms. The number of ether oxygens (including phenoxy) is 2. The van der Waals surface area contributed by atoms with Crippen LogP contribution in [0, 0.1) is 0 Å². The van der Waals surface area contributed by atoms with Crippen LogP contribution in [0.1, 0.15) is 46.5 Å². The third kappa shape index (κ3) is 9.39. The van der Waals surface area contributed by atoms with E-state index in [0.717, 1.165) is 46.9 Å². The van der Waals surface area contributed by atoms with E-state index in [1.165, 1.54) is 0 Å². The summed E-state index contributed by atoms with van der Waals surface area (Å²) in [7, 11) is 0. The van der Waals surface area contributed by atoms with Crippen molar-refractivity contribution in [3.8, 4) is 17.0 Å². The third-order valence-electron chi connectivity index (χ3n) is 6.09. The molecule has 1 amide bonds. The fourth-order valence-corrected chi connectivity index (χ4v) is 4.10. The Morgan fingerprint density at radius 1 is 0.905 bits per heavy atom. The van der Waals surface area contributed by atoms with E-state index in [4.69, 9.17) is 19.7 Å². The lowest BCUT2D eigenvalue weighted by atomic mass is 10.1. The Kier molecular flexibility index (Phi) is 10.2. The maximum Gasteiger partial charge on any atom is 0.407 e. The van der Waals surface area contributed by atoms with Crippen LogP contribution in [0.2, 0.25) is 0 Å². The van der Waals surface area contributed by atoms with Crippen molar-refractivity contribution in [2.75, 3.05) is 30.3 Å². The van der Waals surface area contributed by atoms with Gasteiger partial charge in [0.25, 0.3) is 0 Å². The van der Waals surface area contributed by atoms with Gasteiger partial charge in [-0.3, -0.25) is 4.79 Å². The molecule has 222 valence electrons. The van der Waals surface area contributed by atoms with Crippen molar-refractivity contribution in [1.82, 2.24) is 19.9 Å². The summed E-state index contributed by atoms with van der Waals surface area (Å²) in [6.45, 7) is 7.13. The second kappa shape index (κ2) is 14.2. The van der Waals surface area contributed by atoms with Crippen LogP contribution in [0.4, 0.5) is 22.1 Å². The van der Waals surface area contributed by atoms with Crippen LogP contribution in [-0.2, 0) is 9.53 Å².